The zero-order chi connectivity index (χ0) is 17.1. The summed E-state index contributed by atoms with van der Waals surface area (Å²) in [6.45, 7) is 2.09. The van der Waals surface area contributed by atoms with E-state index in [-0.39, 0.29) is 0 Å². The van der Waals surface area contributed by atoms with E-state index >= 15 is 0 Å². The van der Waals surface area contributed by atoms with E-state index in [4.69, 9.17) is 4.98 Å². The second-order valence-corrected chi connectivity index (χ2v) is 6.12. The van der Waals surface area contributed by atoms with Crippen molar-refractivity contribution in [2.75, 3.05) is 0 Å². The van der Waals surface area contributed by atoms with Crippen LogP contribution in [0.2, 0.25) is 0 Å². The largest absolute Gasteiger partial charge is 0.252 e. The minimum Gasteiger partial charge on any atom is -0.252 e. The summed E-state index contributed by atoms with van der Waals surface area (Å²) >= 11 is 0. The highest BCUT2D eigenvalue weighted by Gasteiger charge is 2.13. The molecular formula is C24H19N. The number of pyridine rings is 1. The summed E-state index contributed by atoms with van der Waals surface area (Å²) in [6, 6.07) is 33.6. The summed E-state index contributed by atoms with van der Waals surface area (Å²) in [5.74, 6) is 0. The molecule has 0 aliphatic rings. The summed E-state index contributed by atoms with van der Waals surface area (Å²) in [5.41, 5.74) is 7.95. The molecule has 0 radical (unpaired) electrons. The van der Waals surface area contributed by atoms with Gasteiger partial charge < -0.3 is 0 Å². The van der Waals surface area contributed by atoms with E-state index in [0.29, 0.717) is 0 Å². The average molecular weight is 321 g/mol. The van der Waals surface area contributed by atoms with Gasteiger partial charge in [0.25, 0.3) is 0 Å². The molecule has 0 saturated heterocycles. The molecule has 0 fully saturated rings. The van der Waals surface area contributed by atoms with Crippen molar-refractivity contribution in [3.8, 4) is 33.5 Å². The molecule has 0 aliphatic carbocycles. The Bertz CT molecular complexity index is 974. The maximum atomic E-state index is 5.00. The highest BCUT2D eigenvalue weighted by molar-refractivity contribution is 5.85. The van der Waals surface area contributed by atoms with Crippen LogP contribution in [0.5, 0.6) is 0 Å². The van der Waals surface area contributed by atoms with Crippen molar-refractivity contribution in [2.45, 2.75) is 6.92 Å². The number of hydrogen-bond donors (Lipinski definition) is 0. The molecule has 1 nitrogen and oxygen atoms in total. The van der Waals surface area contributed by atoms with Gasteiger partial charge in [0.05, 0.1) is 5.69 Å². The Morgan fingerprint density at radius 2 is 0.960 bits per heavy atom. The van der Waals surface area contributed by atoms with Crippen LogP contribution in [0.3, 0.4) is 0 Å². The molecular weight excluding hydrogens is 302 g/mol. The molecule has 120 valence electrons. The Morgan fingerprint density at radius 1 is 0.520 bits per heavy atom. The molecule has 1 heterocycles. The van der Waals surface area contributed by atoms with E-state index in [0.717, 1.165) is 22.5 Å². The van der Waals surface area contributed by atoms with Gasteiger partial charge in [-0.2, -0.15) is 0 Å². The van der Waals surface area contributed by atoms with Crippen LogP contribution in [-0.4, -0.2) is 4.98 Å². The van der Waals surface area contributed by atoms with Gasteiger partial charge in [-0.15, -0.1) is 0 Å². The third-order valence-corrected chi connectivity index (χ3v) is 4.43. The lowest BCUT2D eigenvalue weighted by Gasteiger charge is -2.15. The first kappa shape index (κ1) is 15.3. The van der Waals surface area contributed by atoms with E-state index in [1.807, 2.05) is 18.2 Å². The fraction of sp³-hybridized carbons (Fsp3) is 0.0417. The second-order valence-electron chi connectivity index (χ2n) is 6.12. The summed E-state index contributed by atoms with van der Waals surface area (Å²) in [4.78, 5) is 5.00. The van der Waals surface area contributed by atoms with Crippen molar-refractivity contribution in [1.82, 2.24) is 4.98 Å². The third kappa shape index (κ3) is 3.09. The molecule has 0 saturated carbocycles. The molecule has 3 aromatic carbocycles. The normalized spacial score (nSPS) is 10.6. The molecule has 0 N–H and O–H groups in total. The van der Waals surface area contributed by atoms with Crippen molar-refractivity contribution in [1.29, 1.82) is 0 Å². The SMILES string of the molecule is Cc1nc(-c2ccccc2)c(-c2ccccc2)cc1-c1ccccc1. The van der Waals surface area contributed by atoms with Gasteiger partial charge in [-0.1, -0.05) is 91.0 Å². The van der Waals surface area contributed by atoms with Crippen LogP contribution in [-0.2, 0) is 0 Å². The Balaban J connectivity index is 1.98. The van der Waals surface area contributed by atoms with Crippen LogP contribution in [0.15, 0.2) is 97.1 Å². The summed E-state index contributed by atoms with van der Waals surface area (Å²) in [6.07, 6.45) is 0. The lowest BCUT2D eigenvalue weighted by Crippen LogP contribution is -1.95. The first-order chi connectivity index (χ1) is 12.3. The van der Waals surface area contributed by atoms with Crippen LogP contribution in [0.4, 0.5) is 0 Å². The molecule has 1 heteroatoms. The lowest BCUT2D eigenvalue weighted by molar-refractivity contribution is 1.21. The van der Waals surface area contributed by atoms with Gasteiger partial charge in [-0.3, -0.25) is 4.98 Å². The van der Waals surface area contributed by atoms with Crippen molar-refractivity contribution in [3.05, 3.63) is 103 Å². The fourth-order valence-electron chi connectivity index (χ4n) is 3.17. The van der Waals surface area contributed by atoms with E-state index in [1.165, 1.54) is 16.7 Å². The fourth-order valence-corrected chi connectivity index (χ4v) is 3.17. The minimum absolute atomic E-state index is 1.03. The first-order valence-corrected chi connectivity index (χ1v) is 8.51. The summed E-state index contributed by atoms with van der Waals surface area (Å²) in [5, 5.41) is 0. The Hall–Kier alpha value is -3.19. The average Bonchev–Trinajstić information content (AvgIpc) is 2.70. The number of aromatic nitrogens is 1. The van der Waals surface area contributed by atoms with Crippen molar-refractivity contribution in [2.24, 2.45) is 0 Å². The zero-order valence-corrected chi connectivity index (χ0v) is 14.2. The minimum atomic E-state index is 1.03. The zero-order valence-electron chi connectivity index (χ0n) is 14.2. The van der Waals surface area contributed by atoms with E-state index in [9.17, 15) is 0 Å². The van der Waals surface area contributed by atoms with Crippen molar-refractivity contribution in [3.63, 3.8) is 0 Å². The van der Waals surface area contributed by atoms with Crippen LogP contribution >= 0.6 is 0 Å². The molecule has 1 aromatic heterocycles. The van der Waals surface area contributed by atoms with Gasteiger partial charge in [0.2, 0.25) is 0 Å². The second kappa shape index (κ2) is 6.74. The first-order valence-electron chi connectivity index (χ1n) is 8.51. The van der Waals surface area contributed by atoms with Crippen molar-refractivity contribution >= 4 is 0 Å². The van der Waals surface area contributed by atoms with Gasteiger partial charge in [0.1, 0.15) is 0 Å². The van der Waals surface area contributed by atoms with Gasteiger partial charge >= 0.3 is 0 Å². The Labute approximate surface area is 148 Å². The quantitative estimate of drug-likeness (QED) is 0.426. The van der Waals surface area contributed by atoms with Crippen LogP contribution < -0.4 is 0 Å². The van der Waals surface area contributed by atoms with Gasteiger partial charge in [0, 0.05) is 22.4 Å². The standard InChI is InChI=1S/C24H19N/c1-18-22(19-11-5-2-6-12-19)17-23(20-13-7-3-8-14-20)24(25-18)21-15-9-4-10-16-21/h2-17H,1H3. The molecule has 4 rings (SSSR count). The number of hydrogen-bond acceptors (Lipinski definition) is 1. The van der Waals surface area contributed by atoms with Crippen LogP contribution in [0, 0.1) is 6.92 Å². The maximum absolute atomic E-state index is 5.00. The Morgan fingerprint density at radius 3 is 1.48 bits per heavy atom. The topological polar surface area (TPSA) is 12.9 Å². The van der Waals surface area contributed by atoms with E-state index in [2.05, 4.69) is 85.8 Å². The number of aryl methyl sites for hydroxylation is 1. The highest BCUT2D eigenvalue weighted by Crippen LogP contribution is 2.35. The number of nitrogens with zero attached hydrogens (tertiary/aromatic N) is 1. The molecule has 0 atom stereocenters. The van der Waals surface area contributed by atoms with Crippen LogP contribution in [0.1, 0.15) is 5.69 Å². The maximum Gasteiger partial charge on any atom is 0.0783 e. The summed E-state index contributed by atoms with van der Waals surface area (Å²) in [7, 11) is 0. The lowest BCUT2D eigenvalue weighted by atomic mass is 9.94. The molecule has 0 amide bonds. The third-order valence-electron chi connectivity index (χ3n) is 4.43. The predicted molar refractivity (Wildman–Crippen MR) is 105 cm³/mol. The number of benzene rings is 3. The molecule has 0 bridgehead atoms. The molecule has 25 heavy (non-hydrogen) atoms. The molecule has 0 aliphatic heterocycles. The molecule has 4 aromatic rings. The monoisotopic (exact) mass is 321 g/mol. The predicted octanol–water partition coefficient (Wildman–Crippen LogP) is 6.39. The summed E-state index contributed by atoms with van der Waals surface area (Å²) < 4.78 is 0. The number of rotatable bonds is 3. The van der Waals surface area contributed by atoms with E-state index in [1.54, 1.807) is 0 Å². The van der Waals surface area contributed by atoms with E-state index < -0.39 is 0 Å². The van der Waals surface area contributed by atoms with Crippen LogP contribution in [0.25, 0.3) is 33.5 Å². The van der Waals surface area contributed by atoms with Gasteiger partial charge in [0.15, 0.2) is 0 Å². The van der Waals surface area contributed by atoms with Crippen molar-refractivity contribution < 1.29 is 0 Å². The highest BCUT2D eigenvalue weighted by atomic mass is 14.7. The molecule has 0 spiro atoms. The van der Waals surface area contributed by atoms with Gasteiger partial charge in [-0.25, -0.2) is 0 Å². The Kier molecular flexibility index (Phi) is 4.14. The molecule has 0 unspecified atom stereocenters. The smallest absolute Gasteiger partial charge is 0.0783 e. The van der Waals surface area contributed by atoms with Gasteiger partial charge in [-0.05, 0) is 24.1 Å².